The maximum atomic E-state index is 10.5. The summed E-state index contributed by atoms with van der Waals surface area (Å²) in [5.74, 6) is 0.307. The number of aliphatic hydroxyl groups is 1. The van der Waals surface area contributed by atoms with Crippen LogP contribution >= 0.6 is 0 Å². The largest absolute Gasteiger partial charge is 0.481 e. The van der Waals surface area contributed by atoms with Crippen LogP contribution < -0.4 is 0 Å². The molecule has 1 aliphatic carbocycles. The Morgan fingerprint density at radius 3 is 2.44 bits per heavy atom. The molecule has 0 saturated heterocycles. The molecule has 0 spiro atoms. The highest BCUT2D eigenvalue weighted by Crippen LogP contribution is 2.35. The zero-order valence-corrected chi connectivity index (χ0v) is 15.5. The van der Waals surface area contributed by atoms with Gasteiger partial charge < -0.3 is 10.2 Å². The fourth-order valence-corrected chi connectivity index (χ4v) is 3.23. The lowest BCUT2D eigenvalue weighted by atomic mass is 9.91. The van der Waals surface area contributed by atoms with Crippen LogP contribution in [0.15, 0.2) is 48.6 Å². The second kappa shape index (κ2) is 13.7. The first-order valence-corrected chi connectivity index (χ1v) is 9.66. The molecule has 1 aliphatic rings. The van der Waals surface area contributed by atoms with Gasteiger partial charge >= 0.3 is 5.97 Å². The molecule has 25 heavy (non-hydrogen) atoms. The molecule has 1 fully saturated rings. The van der Waals surface area contributed by atoms with Crippen molar-refractivity contribution in [3.05, 3.63) is 48.6 Å². The molecule has 0 bridgehead atoms. The minimum Gasteiger partial charge on any atom is -0.481 e. The summed E-state index contributed by atoms with van der Waals surface area (Å²) in [6, 6.07) is 0. The molecule has 1 saturated carbocycles. The predicted molar refractivity (Wildman–Crippen MR) is 104 cm³/mol. The Labute approximate surface area is 152 Å². The first kappa shape index (κ1) is 21.4. The molecule has 0 heterocycles. The van der Waals surface area contributed by atoms with Gasteiger partial charge in [0.2, 0.25) is 0 Å². The third-order valence-electron chi connectivity index (χ3n) is 4.67. The Morgan fingerprint density at radius 1 is 1.08 bits per heavy atom. The maximum Gasteiger partial charge on any atom is 0.303 e. The van der Waals surface area contributed by atoms with Gasteiger partial charge in [-0.2, -0.15) is 0 Å². The van der Waals surface area contributed by atoms with Crippen molar-refractivity contribution in [1.82, 2.24) is 0 Å². The van der Waals surface area contributed by atoms with Gasteiger partial charge in [0.15, 0.2) is 0 Å². The molecule has 0 radical (unpaired) electrons. The van der Waals surface area contributed by atoms with Gasteiger partial charge in [0.05, 0.1) is 6.10 Å². The van der Waals surface area contributed by atoms with Gasteiger partial charge in [-0.3, -0.25) is 4.79 Å². The third kappa shape index (κ3) is 10.8. The summed E-state index contributed by atoms with van der Waals surface area (Å²) in [6.07, 6.45) is 24.7. The summed E-state index contributed by atoms with van der Waals surface area (Å²) in [6.45, 7) is 2.14. The highest BCUT2D eigenvalue weighted by molar-refractivity contribution is 5.66. The van der Waals surface area contributed by atoms with E-state index in [1.54, 1.807) is 6.08 Å². The normalized spacial score (nSPS) is 22.8. The lowest BCUT2D eigenvalue weighted by Crippen LogP contribution is -2.09. The lowest BCUT2D eigenvalue weighted by molar-refractivity contribution is -0.137. The molecular weight excluding hydrogens is 312 g/mol. The molecular formula is C22H34O3. The van der Waals surface area contributed by atoms with Crippen molar-refractivity contribution in [2.24, 2.45) is 11.8 Å². The van der Waals surface area contributed by atoms with Crippen LogP contribution in [0.1, 0.15) is 64.7 Å². The van der Waals surface area contributed by atoms with E-state index in [2.05, 4.69) is 49.5 Å². The van der Waals surface area contributed by atoms with Crippen LogP contribution in [-0.2, 0) is 4.79 Å². The Hall–Kier alpha value is -1.61. The summed E-state index contributed by atoms with van der Waals surface area (Å²) in [4.78, 5) is 10.5. The van der Waals surface area contributed by atoms with Gasteiger partial charge in [0, 0.05) is 6.42 Å². The number of carbonyl (C=O) groups is 1. The molecule has 3 atom stereocenters. The lowest BCUT2D eigenvalue weighted by Gasteiger charge is -2.14. The second-order valence-electron chi connectivity index (χ2n) is 6.77. The van der Waals surface area contributed by atoms with Crippen LogP contribution in [0.3, 0.4) is 0 Å². The number of aliphatic carboxylic acids is 1. The fraction of sp³-hybridized carbons (Fsp3) is 0.591. The highest BCUT2D eigenvalue weighted by atomic mass is 16.4. The van der Waals surface area contributed by atoms with Crippen LogP contribution in [0.4, 0.5) is 0 Å². The number of allylic oxidation sites excluding steroid dienone is 7. The van der Waals surface area contributed by atoms with Crippen LogP contribution in [0.25, 0.3) is 0 Å². The topological polar surface area (TPSA) is 57.5 Å². The van der Waals surface area contributed by atoms with Crippen LogP contribution in [0.5, 0.6) is 0 Å². The van der Waals surface area contributed by atoms with Gasteiger partial charge in [-0.25, -0.2) is 0 Å². The minimum atomic E-state index is -0.855. The average Bonchev–Trinajstić information content (AvgIpc) is 3.04. The molecule has 3 nitrogen and oxygen atoms in total. The summed E-state index contributed by atoms with van der Waals surface area (Å²) >= 11 is 0. The van der Waals surface area contributed by atoms with Gasteiger partial charge in [-0.1, -0.05) is 62.0 Å². The SMILES string of the molecule is CC/C=C\C/C=C\C/C=C\CC1CCCC1/C=C/C(O)CCC(=O)O. The Bertz CT molecular complexity index is 474. The van der Waals surface area contributed by atoms with Crippen molar-refractivity contribution in [3.8, 4) is 0 Å². The van der Waals surface area contributed by atoms with Crippen molar-refractivity contribution in [3.63, 3.8) is 0 Å². The van der Waals surface area contributed by atoms with E-state index in [-0.39, 0.29) is 6.42 Å². The van der Waals surface area contributed by atoms with E-state index in [1.165, 1.54) is 19.3 Å². The number of carboxylic acids is 1. The minimum absolute atomic E-state index is 0.0179. The smallest absolute Gasteiger partial charge is 0.303 e. The average molecular weight is 347 g/mol. The molecule has 0 aromatic rings. The van der Waals surface area contributed by atoms with Crippen molar-refractivity contribution >= 4 is 5.97 Å². The van der Waals surface area contributed by atoms with Crippen molar-refractivity contribution < 1.29 is 15.0 Å². The van der Waals surface area contributed by atoms with Gasteiger partial charge in [-0.05, 0) is 56.8 Å². The van der Waals surface area contributed by atoms with E-state index in [9.17, 15) is 9.90 Å². The molecule has 0 aromatic heterocycles. The second-order valence-corrected chi connectivity index (χ2v) is 6.77. The summed E-state index contributed by atoms with van der Waals surface area (Å²) in [5.41, 5.74) is 0. The summed E-state index contributed by atoms with van der Waals surface area (Å²) in [7, 11) is 0. The first-order chi connectivity index (χ1) is 12.1. The van der Waals surface area contributed by atoms with Crippen molar-refractivity contribution in [1.29, 1.82) is 0 Å². The van der Waals surface area contributed by atoms with Crippen LogP contribution in [0, 0.1) is 11.8 Å². The number of aliphatic hydroxyl groups excluding tert-OH is 1. The molecule has 3 unspecified atom stereocenters. The van der Waals surface area contributed by atoms with E-state index in [0.29, 0.717) is 18.3 Å². The van der Waals surface area contributed by atoms with Gasteiger partial charge in [-0.15, -0.1) is 0 Å². The predicted octanol–water partition coefficient (Wildman–Crippen LogP) is 5.43. The van der Waals surface area contributed by atoms with Crippen molar-refractivity contribution in [2.75, 3.05) is 0 Å². The monoisotopic (exact) mass is 346 g/mol. The van der Waals surface area contributed by atoms with E-state index in [0.717, 1.165) is 25.7 Å². The maximum absolute atomic E-state index is 10.5. The fourth-order valence-electron chi connectivity index (χ4n) is 3.23. The van der Waals surface area contributed by atoms with Crippen molar-refractivity contribution in [2.45, 2.75) is 70.8 Å². The zero-order chi connectivity index (χ0) is 18.3. The molecule has 3 heteroatoms. The van der Waals surface area contributed by atoms with Gasteiger partial charge in [0.1, 0.15) is 0 Å². The van der Waals surface area contributed by atoms with E-state index < -0.39 is 12.1 Å². The number of rotatable bonds is 12. The Kier molecular flexibility index (Phi) is 11.7. The Morgan fingerprint density at radius 2 is 1.76 bits per heavy atom. The van der Waals surface area contributed by atoms with Crippen LogP contribution in [0.2, 0.25) is 0 Å². The highest BCUT2D eigenvalue weighted by Gasteiger charge is 2.24. The molecule has 0 aromatic carbocycles. The molecule has 1 rings (SSSR count). The summed E-state index contributed by atoms with van der Waals surface area (Å²) < 4.78 is 0. The third-order valence-corrected chi connectivity index (χ3v) is 4.67. The van der Waals surface area contributed by atoms with E-state index >= 15 is 0 Å². The molecule has 0 amide bonds. The van der Waals surface area contributed by atoms with Crippen LogP contribution in [-0.4, -0.2) is 22.3 Å². The molecule has 0 aliphatic heterocycles. The molecule has 2 N–H and O–H groups in total. The zero-order valence-electron chi connectivity index (χ0n) is 15.5. The van der Waals surface area contributed by atoms with E-state index in [4.69, 9.17) is 5.11 Å². The standard InChI is InChI=1S/C22H34O3/c1-2-3-4-5-6-7-8-9-10-12-19-13-11-14-20(19)15-16-21(23)17-18-22(24)25/h3-4,6-7,9-10,15-16,19-21,23H,2,5,8,11-14,17-18H2,1H3,(H,24,25)/b4-3-,7-6-,10-9-,16-15+. The molecule has 140 valence electrons. The number of hydrogen-bond donors (Lipinski definition) is 2. The van der Waals surface area contributed by atoms with E-state index in [1.807, 2.05) is 0 Å². The van der Waals surface area contributed by atoms with Gasteiger partial charge in [0.25, 0.3) is 0 Å². The Balaban J connectivity index is 2.27. The number of carboxylic acid groups (broad SMARTS) is 1. The summed E-state index contributed by atoms with van der Waals surface area (Å²) in [5, 5.41) is 18.5. The first-order valence-electron chi connectivity index (χ1n) is 9.66. The number of hydrogen-bond acceptors (Lipinski definition) is 2. The quantitative estimate of drug-likeness (QED) is 0.463.